The van der Waals surface area contributed by atoms with Crippen LogP contribution in [0.5, 0.6) is 0 Å². The number of halogens is 1. The number of hydrogen-bond acceptors (Lipinski definition) is 3. The number of ketones is 1. The Morgan fingerprint density at radius 3 is 2.50 bits per heavy atom. The van der Waals surface area contributed by atoms with Crippen LogP contribution in [0.25, 0.3) is 0 Å². The van der Waals surface area contributed by atoms with E-state index in [1.165, 1.54) is 7.11 Å². The van der Waals surface area contributed by atoms with Crippen LogP contribution in [-0.4, -0.2) is 18.9 Å². The first-order valence-electron chi connectivity index (χ1n) is 4.85. The molecule has 1 aromatic rings. The number of aryl methyl sites for hydroxylation is 1. The lowest BCUT2D eigenvalue weighted by atomic mass is 9.99. The van der Waals surface area contributed by atoms with E-state index in [0.29, 0.717) is 5.56 Å². The molecule has 16 heavy (non-hydrogen) atoms. The van der Waals surface area contributed by atoms with Crippen molar-refractivity contribution in [2.45, 2.75) is 13.8 Å². The van der Waals surface area contributed by atoms with Crippen LogP contribution >= 0.6 is 15.9 Å². The SMILES string of the molecule is COC(=O)C(C)C(=O)c1ccc(C)c(Br)c1. The lowest BCUT2D eigenvalue weighted by Gasteiger charge is -2.09. The monoisotopic (exact) mass is 284 g/mol. The molecule has 1 rings (SSSR count). The number of ether oxygens (including phenoxy) is 1. The second kappa shape index (κ2) is 5.25. The molecule has 0 radical (unpaired) electrons. The van der Waals surface area contributed by atoms with Gasteiger partial charge in [0.2, 0.25) is 0 Å². The highest BCUT2D eigenvalue weighted by Gasteiger charge is 2.23. The van der Waals surface area contributed by atoms with Crippen LogP contribution in [0.15, 0.2) is 22.7 Å². The third kappa shape index (κ3) is 2.70. The number of esters is 1. The molecular weight excluding hydrogens is 272 g/mol. The van der Waals surface area contributed by atoms with Crippen LogP contribution in [0, 0.1) is 12.8 Å². The van der Waals surface area contributed by atoms with Crippen molar-refractivity contribution in [1.82, 2.24) is 0 Å². The van der Waals surface area contributed by atoms with Crippen molar-refractivity contribution in [2.75, 3.05) is 7.11 Å². The van der Waals surface area contributed by atoms with Crippen molar-refractivity contribution in [3.8, 4) is 0 Å². The van der Waals surface area contributed by atoms with Gasteiger partial charge >= 0.3 is 5.97 Å². The Labute approximate surface area is 103 Å². The van der Waals surface area contributed by atoms with E-state index in [1.54, 1.807) is 19.1 Å². The standard InChI is InChI=1S/C12H13BrO3/c1-7-4-5-9(6-10(7)13)11(14)8(2)12(15)16-3/h4-6,8H,1-3H3. The zero-order valence-electron chi connectivity index (χ0n) is 9.41. The van der Waals surface area contributed by atoms with Crippen molar-refractivity contribution in [1.29, 1.82) is 0 Å². The van der Waals surface area contributed by atoms with Gasteiger partial charge in [-0.15, -0.1) is 0 Å². The number of benzene rings is 1. The number of Topliss-reactive ketones (excluding diaryl/α,β-unsaturated/α-hetero) is 1. The third-order valence-corrected chi connectivity index (χ3v) is 3.26. The van der Waals surface area contributed by atoms with Gasteiger partial charge in [0.05, 0.1) is 7.11 Å². The number of carbonyl (C=O) groups is 2. The Bertz CT molecular complexity index is 426. The summed E-state index contributed by atoms with van der Waals surface area (Å²) in [4.78, 5) is 23.1. The summed E-state index contributed by atoms with van der Waals surface area (Å²) in [6.07, 6.45) is 0. The molecule has 0 saturated heterocycles. The Morgan fingerprint density at radius 2 is 2.00 bits per heavy atom. The van der Waals surface area contributed by atoms with Crippen LogP contribution in [0.1, 0.15) is 22.8 Å². The Balaban J connectivity index is 2.97. The zero-order valence-corrected chi connectivity index (χ0v) is 11.0. The molecule has 0 amide bonds. The molecule has 0 fully saturated rings. The molecule has 1 atom stereocenters. The molecule has 0 aliphatic carbocycles. The van der Waals surface area contributed by atoms with Crippen molar-refractivity contribution in [2.24, 2.45) is 5.92 Å². The quantitative estimate of drug-likeness (QED) is 0.487. The van der Waals surface area contributed by atoms with Crippen molar-refractivity contribution in [3.05, 3.63) is 33.8 Å². The fourth-order valence-corrected chi connectivity index (χ4v) is 1.66. The van der Waals surface area contributed by atoms with E-state index in [0.717, 1.165) is 10.0 Å². The fourth-order valence-electron chi connectivity index (χ4n) is 1.28. The largest absolute Gasteiger partial charge is 0.468 e. The maximum Gasteiger partial charge on any atom is 0.316 e. The topological polar surface area (TPSA) is 43.4 Å². The lowest BCUT2D eigenvalue weighted by Crippen LogP contribution is -2.22. The molecule has 0 bridgehead atoms. The van der Waals surface area contributed by atoms with Crippen LogP contribution in [0.2, 0.25) is 0 Å². The summed E-state index contributed by atoms with van der Waals surface area (Å²) in [6.45, 7) is 3.48. The van der Waals surface area contributed by atoms with E-state index < -0.39 is 11.9 Å². The second-order valence-electron chi connectivity index (χ2n) is 3.57. The van der Waals surface area contributed by atoms with Gasteiger partial charge in [-0.25, -0.2) is 0 Å². The first kappa shape index (κ1) is 12.9. The molecule has 0 N–H and O–H groups in total. The molecule has 0 aliphatic rings. The van der Waals surface area contributed by atoms with Gasteiger partial charge in [-0.2, -0.15) is 0 Å². The molecule has 1 aromatic carbocycles. The van der Waals surface area contributed by atoms with E-state index >= 15 is 0 Å². The normalized spacial score (nSPS) is 12.0. The molecule has 1 unspecified atom stereocenters. The molecule has 4 heteroatoms. The number of methoxy groups -OCH3 is 1. The van der Waals surface area contributed by atoms with E-state index in [1.807, 2.05) is 13.0 Å². The number of rotatable bonds is 3. The molecule has 0 saturated carbocycles. The smallest absolute Gasteiger partial charge is 0.316 e. The molecular formula is C12H13BrO3. The molecule has 0 aromatic heterocycles. The van der Waals surface area contributed by atoms with E-state index in [2.05, 4.69) is 20.7 Å². The second-order valence-corrected chi connectivity index (χ2v) is 4.43. The summed E-state index contributed by atoms with van der Waals surface area (Å²) in [5.74, 6) is -1.51. The highest BCUT2D eigenvalue weighted by Crippen LogP contribution is 2.19. The Kier molecular flexibility index (Phi) is 4.24. The maximum absolute atomic E-state index is 11.9. The minimum absolute atomic E-state index is 0.229. The first-order valence-corrected chi connectivity index (χ1v) is 5.65. The van der Waals surface area contributed by atoms with Crippen LogP contribution in [0.3, 0.4) is 0 Å². The van der Waals surface area contributed by atoms with Crippen molar-refractivity contribution < 1.29 is 14.3 Å². The maximum atomic E-state index is 11.9. The highest BCUT2D eigenvalue weighted by atomic mass is 79.9. The van der Waals surface area contributed by atoms with Crippen LogP contribution in [0.4, 0.5) is 0 Å². The Hall–Kier alpha value is -1.16. The molecule has 86 valence electrons. The molecule has 0 aliphatic heterocycles. The first-order chi connectivity index (χ1) is 7.47. The van der Waals surface area contributed by atoms with Crippen LogP contribution < -0.4 is 0 Å². The molecule has 0 spiro atoms. The predicted molar refractivity (Wildman–Crippen MR) is 64.4 cm³/mol. The number of hydrogen-bond donors (Lipinski definition) is 0. The lowest BCUT2D eigenvalue weighted by molar-refractivity contribution is -0.143. The average Bonchev–Trinajstić information content (AvgIpc) is 2.29. The summed E-state index contributed by atoms with van der Waals surface area (Å²) < 4.78 is 5.39. The summed E-state index contributed by atoms with van der Waals surface area (Å²) in [5, 5.41) is 0. The van der Waals surface area contributed by atoms with E-state index in [-0.39, 0.29) is 5.78 Å². The van der Waals surface area contributed by atoms with E-state index in [9.17, 15) is 9.59 Å². The number of carbonyl (C=O) groups excluding carboxylic acids is 2. The average molecular weight is 285 g/mol. The molecule has 0 heterocycles. The van der Waals surface area contributed by atoms with Gasteiger partial charge in [0.1, 0.15) is 5.92 Å². The fraction of sp³-hybridized carbons (Fsp3) is 0.333. The summed E-state index contributed by atoms with van der Waals surface area (Å²) >= 11 is 3.35. The van der Waals surface area contributed by atoms with Gasteiger partial charge < -0.3 is 4.74 Å². The van der Waals surface area contributed by atoms with Crippen molar-refractivity contribution in [3.63, 3.8) is 0 Å². The third-order valence-electron chi connectivity index (χ3n) is 2.40. The van der Waals surface area contributed by atoms with Crippen molar-refractivity contribution >= 4 is 27.7 Å². The minimum Gasteiger partial charge on any atom is -0.468 e. The Morgan fingerprint density at radius 1 is 1.38 bits per heavy atom. The highest BCUT2D eigenvalue weighted by molar-refractivity contribution is 9.10. The van der Waals surface area contributed by atoms with Gasteiger partial charge in [0.25, 0.3) is 0 Å². The molecule has 3 nitrogen and oxygen atoms in total. The van der Waals surface area contributed by atoms with Crippen LogP contribution in [-0.2, 0) is 9.53 Å². The summed E-state index contributed by atoms with van der Waals surface area (Å²) in [5.41, 5.74) is 1.55. The van der Waals surface area contributed by atoms with Gasteiger partial charge in [0, 0.05) is 10.0 Å². The summed E-state index contributed by atoms with van der Waals surface area (Å²) in [6, 6.07) is 5.26. The van der Waals surface area contributed by atoms with E-state index in [4.69, 9.17) is 0 Å². The van der Waals surface area contributed by atoms with Gasteiger partial charge in [-0.05, 0) is 25.5 Å². The summed E-state index contributed by atoms with van der Waals surface area (Å²) in [7, 11) is 1.27. The predicted octanol–water partition coefficient (Wildman–Crippen LogP) is 2.75. The minimum atomic E-state index is -0.764. The zero-order chi connectivity index (χ0) is 12.3. The van der Waals surface area contributed by atoms with Gasteiger partial charge in [0.15, 0.2) is 5.78 Å². The van der Waals surface area contributed by atoms with Gasteiger partial charge in [-0.3, -0.25) is 9.59 Å². The van der Waals surface area contributed by atoms with Gasteiger partial charge in [-0.1, -0.05) is 28.1 Å².